The minimum Gasteiger partial charge on any atom is -0.497 e. The second-order valence-electron chi connectivity index (χ2n) is 5.95. The topological polar surface area (TPSA) is 75.7 Å². The molecule has 1 N–H and O–H groups in total. The maximum atomic E-state index is 13.0. The largest absolute Gasteiger partial charge is 0.497 e. The van der Waals surface area contributed by atoms with Crippen molar-refractivity contribution >= 4 is 37.5 Å². The first-order valence-electron chi connectivity index (χ1n) is 8.14. The van der Waals surface area contributed by atoms with Crippen LogP contribution in [-0.2, 0) is 14.8 Å². The molecule has 2 aromatic carbocycles. The fraction of sp³-hybridized carbons (Fsp3) is 0.278. The normalized spacial score (nSPS) is 17.8. The summed E-state index contributed by atoms with van der Waals surface area (Å²) in [4.78, 5) is 12.8. The van der Waals surface area contributed by atoms with Gasteiger partial charge in [0.1, 0.15) is 11.8 Å². The van der Waals surface area contributed by atoms with Crippen LogP contribution in [0.25, 0.3) is 0 Å². The first-order chi connectivity index (χ1) is 12.4. The van der Waals surface area contributed by atoms with Crippen molar-refractivity contribution < 1.29 is 17.9 Å². The average molecular weight is 439 g/mol. The maximum absolute atomic E-state index is 13.0. The molecule has 6 nitrogen and oxygen atoms in total. The van der Waals surface area contributed by atoms with E-state index in [2.05, 4.69) is 21.2 Å². The molecule has 1 amide bonds. The molecule has 0 saturated carbocycles. The van der Waals surface area contributed by atoms with E-state index < -0.39 is 16.1 Å². The van der Waals surface area contributed by atoms with Gasteiger partial charge in [0.05, 0.1) is 12.0 Å². The van der Waals surface area contributed by atoms with E-state index in [1.165, 1.54) is 23.5 Å². The molecule has 1 saturated heterocycles. The summed E-state index contributed by atoms with van der Waals surface area (Å²) in [6.45, 7) is 0.324. The fourth-order valence-electron chi connectivity index (χ4n) is 2.96. The van der Waals surface area contributed by atoms with Crippen molar-refractivity contribution in [2.75, 3.05) is 19.0 Å². The Hall–Kier alpha value is -1.90. The highest BCUT2D eigenvalue weighted by atomic mass is 79.9. The lowest BCUT2D eigenvalue weighted by Crippen LogP contribution is -2.43. The van der Waals surface area contributed by atoms with Gasteiger partial charge in [-0.2, -0.15) is 4.31 Å². The maximum Gasteiger partial charge on any atom is 0.243 e. The van der Waals surface area contributed by atoms with Gasteiger partial charge in [0.15, 0.2) is 0 Å². The molecule has 1 unspecified atom stereocenters. The highest BCUT2D eigenvalue weighted by Gasteiger charge is 2.39. The first-order valence-corrected chi connectivity index (χ1v) is 10.4. The highest BCUT2D eigenvalue weighted by molar-refractivity contribution is 9.10. The Morgan fingerprint density at radius 3 is 2.62 bits per heavy atom. The number of carbonyl (C=O) groups is 1. The summed E-state index contributed by atoms with van der Waals surface area (Å²) in [7, 11) is -2.23. The number of anilines is 1. The predicted octanol–water partition coefficient (Wildman–Crippen LogP) is 3.25. The van der Waals surface area contributed by atoms with Gasteiger partial charge in [0.25, 0.3) is 0 Å². The Bertz CT molecular complexity index is 900. The van der Waals surface area contributed by atoms with Gasteiger partial charge in [0.2, 0.25) is 15.9 Å². The minimum absolute atomic E-state index is 0.153. The number of hydrogen-bond donors (Lipinski definition) is 1. The highest BCUT2D eigenvalue weighted by Crippen LogP contribution is 2.28. The number of methoxy groups -OCH3 is 1. The van der Waals surface area contributed by atoms with Crippen LogP contribution in [0, 0.1) is 0 Å². The Labute approximate surface area is 161 Å². The van der Waals surface area contributed by atoms with E-state index in [1.807, 2.05) is 6.07 Å². The van der Waals surface area contributed by atoms with Crippen molar-refractivity contribution in [2.45, 2.75) is 23.8 Å². The number of nitrogens with zero attached hydrogens (tertiary/aromatic N) is 1. The van der Waals surface area contributed by atoms with E-state index in [9.17, 15) is 13.2 Å². The van der Waals surface area contributed by atoms with Crippen LogP contribution >= 0.6 is 15.9 Å². The Morgan fingerprint density at radius 1 is 1.23 bits per heavy atom. The second kappa shape index (κ2) is 7.77. The molecule has 26 heavy (non-hydrogen) atoms. The molecule has 0 bridgehead atoms. The molecule has 1 fully saturated rings. The van der Waals surface area contributed by atoms with E-state index in [4.69, 9.17) is 4.74 Å². The summed E-state index contributed by atoms with van der Waals surface area (Å²) >= 11 is 3.35. The van der Waals surface area contributed by atoms with Crippen molar-refractivity contribution in [3.8, 4) is 5.75 Å². The molecule has 0 aromatic heterocycles. The van der Waals surface area contributed by atoms with Crippen LogP contribution in [0.4, 0.5) is 5.69 Å². The third-order valence-corrected chi connectivity index (χ3v) is 6.68. The van der Waals surface area contributed by atoms with Crippen LogP contribution in [-0.4, -0.2) is 38.3 Å². The number of ether oxygens (including phenoxy) is 1. The zero-order valence-corrected chi connectivity index (χ0v) is 16.6. The zero-order valence-electron chi connectivity index (χ0n) is 14.2. The van der Waals surface area contributed by atoms with E-state index >= 15 is 0 Å². The second-order valence-corrected chi connectivity index (χ2v) is 8.76. The number of hydrogen-bond acceptors (Lipinski definition) is 4. The first kappa shape index (κ1) is 18.9. The van der Waals surface area contributed by atoms with Crippen molar-refractivity contribution in [1.82, 2.24) is 4.31 Å². The summed E-state index contributed by atoms with van der Waals surface area (Å²) in [5.41, 5.74) is 0.623. The lowest BCUT2D eigenvalue weighted by molar-refractivity contribution is -0.119. The van der Waals surface area contributed by atoms with Gasteiger partial charge in [-0.25, -0.2) is 8.42 Å². The summed E-state index contributed by atoms with van der Waals surface area (Å²) < 4.78 is 33.1. The number of halogens is 1. The number of carbonyl (C=O) groups excluding carboxylic acids is 1. The van der Waals surface area contributed by atoms with Gasteiger partial charge in [-0.05, 0) is 55.3 Å². The third kappa shape index (κ3) is 3.92. The lowest BCUT2D eigenvalue weighted by Gasteiger charge is -2.23. The van der Waals surface area contributed by atoms with Crippen LogP contribution in [0.5, 0.6) is 5.75 Å². The Balaban J connectivity index is 1.81. The number of sulfonamides is 1. The summed E-state index contributed by atoms with van der Waals surface area (Å²) in [5.74, 6) is 0.256. The molecule has 1 atom stereocenters. The van der Waals surface area contributed by atoms with Crippen molar-refractivity contribution in [1.29, 1.82) is 0 Å². The van der Waals surface area contributed by atoms with E-state index in [1.54, 1.807) is 30.3 Å². The minimum atomic E-state index is -3.75. The molecule has 1 aliphatic heterocycles. The Kier molecular flexibility index (Phi) is 5.64. The van der Waals surface area contributed by atoms with Crippen LogP contribution < -0.4 is 10.1 Å². The van der Waals surface area contributed by atoms with Crippen LogP contribution in [0.2, 0.25) is 0 Å². The number of rotatable bonds is 5. The predicted molar refractivity (Wildman–Crippen MR) is 103 cm³/mol. The van der Waals surface area contributed by atoms with E-state index in [-0.39, 0.29) is 10.8 Å². The third-order valence-electron chi connectivity index (χ3n) is 4.26. The lowest BCUT2D eigenvalue weighted by atomic mass is 10.2. The molecular weight excluding hydrogens is 420 g/mol. The van der Waals surface area contributed by atoms with Gasteiger partial charge in [-0.3, -0.25) is 4.79 Å². The molecule has 3 rings (SSSR count). The van der Waals surface area contributed by atoms with Gasteiger partial charge >= 0.3 is 0 Å². The van der Waals surface area contributed by atoms with Crippen LogP contribution in [0.3, 0.4) is 0 Å². The van der Waals surface area contributed by atoms with Crippen LogP contribution in [0.15, 0.2) is 57.9 Å². The van der Waals surface area contributed by atoms with E-state index in [0.29, 0.717) is 30.8 Å². The SMILES string of the molecule is COc1ccc(S(=O)(=O)N2CCCC2C(=O)Nc2cccc(Br)c2)cc1. The van der Waals surface area contributed by atoms with E-state index in [0.717, 1.165) is 4.47 Å². The summed E-state index contributed by atoms with van der Waals surface area (Å²) in [6, 6.07) is 12.7. The van der Waals surface area contributed by atoms with Crippen molar-refractivity contribution in [3.05, 3.63) is 53.0 Å². The summed E-state index contributed by atoms with van der Waals surface area (Å²) in [6.07, 6.45) is 1.14. The van der Waals surface area contributed by atoms with Gasteiger partial charge in [-0.15, -0.1) is 0 Å². The van der Waals surface area contributed by atoms with Gasteiger partial charge in [0, 0.05) is 16.7 Å². The zero-order chi connectivity index (χ0) is 18.7. The van der Waals surface area contributed by atoms with Gasteiger partial charge < -0.3 is 10.1 Å². The molecule has 0 spiro atoms. The van der Waals surface area contributed by atoms with Crippen molar-refractivity contribution in [2.24, 2.45) is 0 Å². The molecular formula is C18H19BrN2O4S. The number of amides is 1. The molecule has 1 heterocycles. The Morgan fingerprint density at radius 2 is 1.96 bits per heavy atom. The monoisotopic (exact) mass is 438 g/mol. The van der Waals surface area contributed by atoms with Gasteiger partial charge in [-0.1, -0.05) is 22.0 Å². The quantitative estimate of drug-likeness (QED) is 0.776. The summed E-state index contributed by atoms with van der Waals surface area (Å²) in [5, 5.41) is 2.80. The average Bonchev–Trinajstić information content (AvgIpc) is 3.12. The molecule has 2 aromatic rings. The number of benzene rings is 2. The molecule has 0 radical (unpaired) electrons. The van der Waals surface area contributed by atoms with Crippen molar-refractivity contribution in [3.63, 3.8) is 0 Å². The smallest absolute Gasteiger partial charge is 0.243 e. The molecule has 1 aliphatic rings. The fourth-order valence-corrected chi connectivity index (χ4v) is 5.02. The molecule has 0 aliphatic carbocycles. The molecule has 8 heteroatoms. The van der Waals surface area contributed by atoms with Crippen LogP contribution in [0.1, 0.15) is 12.8 Å². The number of nitrogens with one attached hydrogen (secondary N) is 1. The molecule has 138 valence electrons. The standard InChI is InChI=1S/C18H19BrN2O4S/c1-25-15-7-9-16(10-8-15)26(23,24)21-11-3-6-17(21)18(22)20-14-5-2-4-13(19)12-14/h2,4-5,7-10,12,17H,3,6,11H2,1H3,(H,20,22).